The maximum absolute atomic E-state index is 5.82. The number of nitrogens with zero attached hydrogens (tertiary/aromatic N) is 3. The van der Waals surface area contributed by atoms with Gasteiger partial charge in [-0.15, -0.1) is 16.9 Å². The average molecular weight is 260 g/mol. The Morgan fingerprint density at radius 2 is 2.28 bits per heavy atom. The summed E-state index contributed by atoms with van der Waals surface area (Å²) in [5.41, 5.74) is 8.30. The Morgan fingerprint density at radius 3 is 3.11 bits per heavy atom. The monoisotopic (exact) mass is 260 g/mol. The molecule has 0 bridgehead atoms. The number of anilines is 1. The molecule has 0 radical (unpaired) electrons. The van der Waals surface area contributed by atoms with Gasteiger partial charge in [0.1, 0.15) is 0 Å². The Labute approximate surface area is 111 Å². The topological polar surface area (TPSA) is 56.7 Å². The van der Waals surface area contributed by atoms with Crippen molar-refractivity contribution >= 4 is 17.6 Å². The highest BCUT2D eigenvalue weighted by atomic mass is 32.2. The summed E-state index contributed by atoms with van der Waals surface area (Å²) in [7, 11) is 0. The van der Waals surface area contributed by atoms with Crippen molar-refractivity contribution in [1.29, 1.82) is 0 Å². The highest BCUT2D eigenvalue weighted by Crippen LogP contribution is 2.40. The van der Waals surface area contributed by atoms with Gasteiger partial charge >= 0.3 is 0 Å². The Morgan fingerprint density at radius 1 is 1.44 bits per heavy atom. The highest BCUT2D eigenvalue weighted by Gasteiger charge is 2.24. The van der Waals surface area contributed by atoms with Gasteiger partial charge in [0.2, 0.25) is 0 Å². The molecule has 1 aromatic heterocycles. The van der Waals surface area contributed by atoms with Gasteiger partial charge in [-0.2, -0.15) is 0 Å². The van der Waals surface area contributed by atoms with Crippen LogP contribution in [0.2, 0.25) is 0 Å². The smallest absolute Gasteiger partial charge is 0.169 e. The van der Waals surface area contributed by atoms with Crippen LogP contribution >= 0.6 is 11.8 Å². The Bertz CT molecular complexity index is 564. The summed E-state index contributed by atoms with van der Waals surface area (Å²) in [6, 6.07) is 8.61. The zero-order chi connectivity index (χ0) is 12.5. The van der Waals surface area contributed by atoms with Crippen molar-refractivity contribution in [2.45, 2.75) is 30.7 Å². The molecule has 2 aromatic rings. The lowest BCUT2D eigenvalue weighted by molar-refractivity contribution is 0.516. The predicted molar refractivity (Wildman–Crippen MR) is 73.7 cm³/mol. The van der Waals surface area contributed by atoms with Crippen molar-refractivity contribution in [1.82, 2.24) is 15.0 Å². The van der Waals surface area contributed by atoms with Crippen LogP contribution in [0, 0.1) is 0 Å². The molecule has 2 heterocycles. The number of nitrogens with two attached hydrogens (primary N) is 1. The molecule has 1 unspecified atom stereocenters. The second-order valence-electron chi connectivity index (χ2n) is 4.50. The first kappa shape index (κ1) is 11.6. The number of aromatic nitrogens is 3. The summed E-state index contributed by atoms with van der Waals surface area (Å²) < 4.78 is 1.96. The molecule has 3 rings (SSSR count). The number of nitrogen functional groups attached to an aromatic ring is 1. The lowest BCUT2D eigenvalue weighted by atomic mass is 10.0. The van der Waals surface area contributed by atoms with Crippen molar-refractivity contribution in [2.24, 2.45) is 0 Å². The van der Waals surface area contributed by atoms with Crippen molar-refractivity contribution in [3.8, 4) is 0 Å². The zero-order valence-corrected chi connectivity index (χ0v) is 11.2. The van der Waals surface area contributed by atoms with Crippen molar-refractivity contribution in [3.63, 3.8) is 0 Å². The molecule has 0 aliphatic carbocycles. The van der Waals surface area contributed by atoms with Gasteiger partial charge in [-0.3, -0.25) is 0 Å². The van der Waals surface area contributed by atoms with Gasteiger partial charge in [0, 0.05) is 16.6 Å². The van der Waals surface area contributed by atoms with E-state index in [-0.39, 0.29) is 0 Å². The molecule has 0 saturated heterocycles. The lowest BCUT2D eigenvalue weighted by Gasteiger charge is -2.12. The predicted octanol–water partition coefficient (Wildman–Crippen LogP) is 2.31. The van der Waals surface area contributed by atoms with E-state index in [9.17, 15) is 0 Å². The summed E-state index contributed by atoms with van der Waals surface area (Å²) in [5.74, 6) is 2.19. The number of fused-ring (bicyclic) bond motifs is 1. The lowest BCUT2D eigenvalue weighted by Crippen LogP contribution is -2.13. The SMILES string of the molecule is CCc1c(N)nnn1CC1CSc2ccccc21. The number of benzene rings is 1. The van der Waals surface area contributed by atoms with E-state index in [1.54, 1.807) is 0 Å². The van der Waals surface area contributed by atoms with E-state index in [4.69, 9.17) is 5.73 Å². The zero-order valence-electron chi connectivity index (χ0n) is 10.3. The fraction of sp³-hybridized carbons (Fsp3) is 0.385. The van der Waals surface area contributed by atoms with Crippen LogP contribution in [0.4, 0.5) is 5.82 Å². The molecule has 4 nitrogen and oxygen atoms in total. The number of hydrogen-bond acceptors (Lipinski definition) is 4. The normalized spacial score (nSPS) is 17.9. The minimum atomic E-state index is 0.512. The molecule has 1 aromatic carbocycles. The third kappa shape index (κ3) is 1.88. The minimum Gasteiger partial charge on any atom is -0.381 e. The highest BCUT2D eigenvalue weighted by molar-refractivity contribution is 7.99. The van der Waals surface area contributed by atoms with E-state index in [0.29, 0.717) is 11.7 Å². The summed E-state index contributed by atoms with van der Waals surface area (Å²) in [4.78, 5) is 1.40. The van der Waals surface area contributed by atoms with Crippen LogP contribution in [-0.2, 0) is 13.0 Å². The van der Waals surface area contributed by atoms with Crippen LogP contribution in [0.5, 0.6) is 0 Å². The van der Waals surface area contributed by atoms with Gasteiger partial charge in [0.25, 0.3) is 0 Å². The van der Waals surface area contributed by atoms with Gasteiger partial charge in [-0.05, 0) is 18.1 Å². The van der Waals surface area contributed by atoms with Crippen LogP contribution in [0.1, 0.15) is 24.1 Å². The fourth-order valence-electron chi connectivity index (χ4n) is 2.45. The summed E-state index contributed by atoms with van der Waals surface area (Å²) in [6.07, 6.45) is 0.875. The van der Waals surface area contributed by atoms with Crippen LogP contribution < -0.4 is 5.73 Å². The van der Waals surface area contributed by atoms with Gasteiger partial charge in [0.05, 0.1) is 12.2 Å². The molecule has 0 fully saturated rings. The van der Waals surface area contributed by atoms with E-state index in [2.05, 4.69) is 41.5 Å². The standard InChI is InChI=1S/C13H16N4S/c1-2-11-13(14)15-16-17(11)7-9-8-18-12-6-4-3-5-10(9)12/h3-6,9H,2,7-8,14H2,1H3. The van der Waals surface area contributed by atoms with Crippen LogP contribution in [0.3, 0.4) is 0 Å². The maximum Gasteiger partial charge on any atom is 0.169 e. The average Bonchev–Trinajstić information content (AvgIpc) is 2.95. The molecule has 0 amide bonds. The summed E-state index contributed by atoms with van der Waals surface area (Å²) in [5, 5.41) is 8.12. The van der Waals surface area contributed by atoms with E-state index in [1.165, 1.54) is 10.5 Å². The maximum atomic E-state index is 5.82. The summed E-state index contributed by atoms with van der Waals surface area (Å²) in [6.45, 7) is 2.96. The molecule has 94 valence electrons. The molecule has 1 atom stereocenters. The van der Waals surface area contributed by atoms with Crippen molar-refractivity contribution in [3.05, 3.63) is 35.5 Å². The molecule has 18 heavy (non-hydrogen) atoms. The molecule has 0 spiro atoms. The molecular weight excluding hydrogens is 244 g/mol. The van der Waals surface area contributed by atoms with Crippen LogP contribution in [0.25, 0.3) is 0 Å². The third-order valence-corrected chi connectivity index (χ3v) is 4.65. The fourth-order valence-corrected chi connectivity index (χ4v) is 3.69. The van der Waals surface area contributed by atoms with Gasteiger partial charge in [-0.25, -0.2) is 4.68 Å². The first-order valence-electron chi connectivity index (χ1n) is 6.19. The molecule has 1 aliphatic heterocycles. The largest absolute Gasteiger partial charge is 0.381 e. The van der Waals surface area contributed by atoms with Crippen molar-refractivity contribution < 1.29 is 0 Å². The number of thioether (sulfide) groups is 1. The number of hydrogen-bond donors (Lipinski definition) is 1. The first-order valence-corrected chi connectivity index (χ1v) is 7.17. The van der Waals surface area contributed by atoms with Gasteiger partial charge < -0.3 is 5.73 Å². The molecule has 1 aliphatic rings. The van der Waals surface area contributed by atoms with Crippen LogP contribution in [-0.4, -0.2) is 20.7 Å². The van der Waals surface area contributed by atoms with E-state index in [0.717, 1.165) is 24.4 Å². The van der Waals surface area contributed by atoms with Gasteiger partial charge in [0.15, 0.2) is 5.82 Å². The number of rotatable bonds is 3. The second kappa shape index (κ2) is 4.65. The molecular formula is C13H16N4S. The summed E-state index contributed by atoms with van der Waals surface area (Å²) >= 11 is 1.92. The van der Waals surface area contributed by atoms with Crippen molar-refractivity contribution in [2.75, 3.05) is 11.5 Å². The van der Waals surface area contributed by atoms with E-state index >= 15 is 0 Å². The Hall–Kier alpha value is -1.49. The van der Waals surface area contributed by atoms with Crippen LogP contribution in [0.15, 0.2) is 29.2 Å². The molecule has 2 N–H and O–H groups in total. The van der Waals surface area contributed by atoms with Gasteiger partial charge in [-0.1, -0.05) is 30.3 Å². The van der Waals surface area contributed by atoms with E-state index in [1.807, 2.05) is 16.4 Å². The quantitative estimate of drug-likeness (QED) is 0.920. The Balaban J connectivity index is 1.86. The molecule has 5 heteroatoms. The second-order valence-corrected chi connectivity index (χ2v) is 5.56. The molecule has 0 saturated carbocycles. The third-order valence-electron chi connectivity index (χ3n) is 3.39. The minimum absolute atomic E-state index is 0.512. The van der Waals surface area contributed by atoms with E-state index < -0.39 is 0 Å². The first-order chi connectivity index (χ1) is 8.79. The Kier molecular flexibility index (Phi) is 2.99.